The quantitative estimate of drug-likeness (QED) is 0.605. The summed E-state index contributed by atoms with van der Waals surface area (Å²) < 4.78 is 10.3. The van der Waals surface area contributed by atoms with Crippen molar-refractivity contribution >= 4 is 11.4 Å². The molecule has 2 aromatic carbocycles. The second-order valence-electron chi connectivity index (χ2n) is 5.29. The number of rotatable bonds is 6. The van der Waals surface area contributed by atoms with Gasteiger partial charge in [-0.2, -0.15) is 0 Å². The standard InChI is InChI=1S/C19H21NO3/c1-20(2)13-18(14-5-9-16(22-3)10-6-14)19(21)15-7-11-17(23-4)12-8-15/h5-13H,1-4H3/b18-13+. The summed E-state index contributed by atoms with van der Waals surface area (Å²) in [7, 11) is 7.01. The Morgan fingerprint density at radius 1 is 0.826 bits per heavy atom. The van der Waals surface area contributed by atoms with E-state index in [1.807, 2.05) is 49.5 Å². The highest BCUT2D eigenvalue weighted by atomic mass is 16.5. The third-order valence-electron chi connectivity index (χ3n) is 3.39. The van der Waals surface area contributed by atoms with Crippen molar-refractivity contribution in [2.45, 2.75) is 0 Å². The van der Waals surface area contributed by atoms with Gasteiger partial charge in [0.25, 0.3) is 0 Å². The number of allylic oxidation sites excluding steroid dienone is 1. The van der Waals surface area contributed by atoms with E-state index < -0.39 is 0 Å². The lowest BCUT2D eigenvalue weighted by Gasteiger charge is -2.13. The molecule has 120 valence electrons. The van der Waals surface area contributed by atoms with Gasteiger partial charge in [-0.3, -0.25) is 4.79 Å². The van der Waals surface area contributed by atoms with Crippen LogP contribution in [0.4, 0.5) is 0 Å². The van der Waals surface area contributed by atoms with Gasteiger partial charge in [-0.05, 0) is 42.0 Å². The Hall–Kier alpha value is -2.75. The number of carbonyl (C=O) groups excluding carboxylic acids is 1. The van der Waals surface area contributed by atoms with Gasteiger partial charge < -0.3 is 14.4 Å². The largest absolute Gasteiger partial charge is 0.497 e. The fourth-order valence-corrected chi connectivity index (χ4v) is 2.19. The molecular formula is C19H21NO3. The minimum atomic E-state index is -0.0356. The molecule has 23 heavy (non-hydrogen) atoms. The van der Waals surface area contributed by atoms with Gasteiger partial charge in [-0.25, -0.2) is 0 Å². The zero-order valence-corrected chi connectivity index (χ0v) is 13.9. The number of methoxy groups -OCH3 is 2. The molecule has 4 nitrogen and oxygen atoms in total. The van der Waals surface area contributed by atoms with Crippen molar-refractivity contribution in [1.82, 2.24) is 4.90 Å². The fourth-order valence-electron chi connectivity index (χ4n) is 2.19. The SMILES string of the molecule is COc1ccc(C(=O)/C(=C/N(C)C)c2ccc(OC)cc2)cc1. The Morgan fingerprint density at radius 3 is 1.65 bits per heavy atom. The lowest BCUT2D eigenvalue weighted by atomic mass is 9.97. The Bertz CT molecular complexity index is 686. The highest BCUT2D eigenvalue weighted by Gasteiger charge is 2.15. The summed E-state index contributed by atoms with van der Waals surface area (Å²) in [5.41, 5.74) is 2.10. The Labute approximate surface area is 137 Å². The van der Waals surface area contributed by atoms with Crippen LogP contribution in [0.1, 0.15) is 15.9 Å². The van der Waals surface area contributed by atoms with Crippen LogP contribution in [0.5, 0.6) is 11.5 Å². The van der Waals surface area contributed by atoms with Crippen molar-refractivity contribution in [3.63, 3.8) is 0 Å². The van der Waals surface area contributed by atoms with Crippen LogP contribution < -0.4 is 9.47 Å². The molecule has 0 aliphatic rings. The van der Waals surface area contributed by atoms with Crippen molar-refractivity contribution < 1.29 is 14.3 Å². The monoisotopic (exact) mass is 311 g/mol. The third-order valence-corrected chi connectivity index (χ3v) is 3.39. The van der Waals surface area contributed by atoms with Crippen LogP contribution in [-0.2, 0) is 0 Å². The van der Waals surface area contributed by atoms with Crippen LogP contribution in [0.2, 0.25) is 0 Å². The first kappa shape index (κ1) is 16.6. The topological polar surface area (TPSA) is 38.8 Å². The van der Waals surface area contributed by atoms with Gasteiger partial charge in [0, 0.05) is 31.4 Å². The molecule has 0 saturated heterocycles. The molecule has 4 heteroatoms. The molecule has 0 amide bonds. The summed E-state index contributed by atoms with van der Waals surface area (Å²) in [5.74, 6) is 1.45. The van der Waals surface area contributed by atoms with Crippen LogP contribution in [-0.4, -0.2) is 39.0 Å². The molecule has 0 aromatic heterocycles. The van der Waals surface area contributed by atoms with E-state index in [-0.39, 0.29) is 5.78 Å². The van der Waals surface area contributed by atoms with Crippen molar-refractivity contribution in [2.24, 2.45) is 0 Å². The number of carbonyl (C=O) groups is 1. The van der Waals surface area contributed by atoms with Crippen LogP contribution in [0.3, 0.4) is 0 Å². The normalized spacial score (nSPS) is 11.0. The summed E-state index contributed by atoms with van der Waals surface area (Å²) in [6.45, 7) is 0. The average Bonchev–Trinajstić information content (AvgIpc) is 2.59. The summed E-state index contributed by atoms with van der Waals surface area (Å²) in [4.78, 5) is 14.7. The molecule has 0 bridgehead atoms. The molecule has 0 aliphatic heterocycles. The lowest BCUT2D eigenvalue weighted by molar-refractivity contribution is 0.105. The first-order valence-electron chi connectivity index (χ1n) is 7.26. The van der Waals surface area contributed by atoms with E-state index in [4.69, 9.17) is 9.47 Å². The number of hydrogen-bond donors (Lipinski definition) is 0. The predicted octanol–water partition coefficient (Wildman–Crippen LogP) is 3.49. The molecule has 0 unspecified atom stereocenters. The molecule has 0 heterocycles. The van der Waals surface area contributed by atoms with Crippen LogP contribution in [0, 0.1) is 0 Å². The van der Waals surface area contributed by atoms with Crippen molar-refractivity contribution in [2.75, 3.05) is 28.3 Å². The first-order valence-corrected chi connectivity index (χ1v) is 7.26. The number of nitrogens with zero attached hydrogens (tertiary/aromatic N) is 1. The third kappa shape index (κ3) is 4.13. The molecule has 0 atom stereocenters. The molecule has 0 saturated carbocycles. The van der Waals surface area contributed by atoms with Gasteiger partial charge in [0.2, 0.25) is 0 Å². The molecule has 2 aromatic rings. The Morgan fingerprint density at radius 2 is 1.26 bits per heavy atom. The molecule has 2 rings (SSSR count). The number of ketones is 1. The maximum atomic E-state index is 12.9. The molecule has 0 N–H and O–H groups in total. The van der Waals surface area contributed by atoms with Crippen LogP contribution >= 0.6 is 0 Å². The zero-order valence-electron chi connectivity index (χ0n) is 13.9. The summed E-state index contributed by atoms with van der Waals surface area (Å²) in [5, 5.41) is 0. The van der Waals surface area contributed by atoms with Gasteiger partial charge in [-0.1, -0.05) is 12.1 Å². The van der Waals surface area contributed by atoms with Crippen LogP contribution in [0.15, 0.2) is 54.7 Å². The van der Waals surface area contributed by atoms with Crippen molar-refractivity contribution in [3.8, 4) is 11.5 Å². The van der Waals surface area contributed by atoms with E-state index in [2.05, 4.69) is 0 Å². The molecular weight excluding hydrogens is 290 g/mol. The predicted molar refractivity (Wildman–Crippen MR) is 92.0 cm³/mol. The number of ether oxygens (including phenoxy) is 2. The summed E-state index contributed by atoms with van der Waals surface area (Å²) >= 11 is 0. The lowest BCUT2D eigenvalue weighted by Crippen LogP contribution is -2.09. The number of benzene rings is 2. The van der Waals surface area contributed by atoms with Crippen molar-refractivity contribution in [3.05, 3.63) is 65.9 Å². The highest BCUT2D eigenvalue weighted by Crippen LogP contribution is 2.24. The molecule has 0 fully saturated rings. The molecule has 0 radical (unpaired) electrons. The maximum absolute atomic E-state index is 12.9. The average molecular weight is 311 g/mol. The van der Waals surface area contributed by atoms with E-state index in [0.29, 0.717) is 11.1 Å². The van der Waals surface area contributed by atoms with Gasteiger partial charge in [-0.15, -0.1) is 0 Å². The summed E-state index contributed by atoms with van der Waals surface area (Å²) in [6, 6.07) is 14.6. The van der Waals surface area contributed by atoms with Gasteiger partial charge in [0.05, 0.1) is 14.2 Å². The second-order valence-corrected chi connectivity index (χ2v) is 5.29. The van der Waals surface area contributed by atoms with Gasteiger partial charge >= 0.3 is 0 Å². The Balaban J connectivity index is 2.38. The first-order chi connectivity index (χ1) is 11.0. The number of hydrogen-bond acceptors (Lipinski definition) is 4. The van der Waals surface area contributed by atoms with E-state index in [1.165, 1.54) is 0 Å². The van der Waals surface area contributed by atoms with Gasteiger partial charge in [0.15, 0.2) is 5.78 Å². The Kier molecular flexibility index (Phi) is 5.41. The second kappa shape index (κ2) is 7.49. The van der Waals surface area contributed by atoms with Crippen molar-refractivity contribution in [1.29, 1.82) is 0 Å². The summed E-state index contributed by atoms with van der Waals surface area (Å²) in [6.07, 6.45) is 1.83. The maximum Gasteiger partial charge on any atom is 0.195 e. The van der Waals surface area contributed by atoms with E-state index in [1.54, 1.807) is 38.5 Å². The molecule has 0 spiro atoms. The fraction of sp³-hybridized carbons (Fsp3) is 0.211. The minimum absolute atomic E-state index is 0.0356. The number of Topliss-reactive ketones (excluding diaryl/α,β-unsaturated/α-hetero) is 1. The van der Waals surface area contributed by atoms with Gasteiger partial charge in [0.1, 0.15) is 11.5 Å². The highest BCUT2D eigenvalue weighted by molar-refractivity contribution is 6.28. The van der Waals surface area contributed by atoms with E-state index >= 15 is 0 Å². The van der Waals surface area contributed by atoms with E-state index in [9.17, 15) is 4.79 Å². The van der Waals surface area contributed by atoms with E-state index in [0.717, 1.165) is 17.1 Å². The smallest absolute Gasteiger partial charge is 0.195 e. The van der Waals surface area contributed by atoms with Crippen LogP contribution in [0.25, 0.3) is 5.57 Å². The zero-order chi connectivity index (χ0) is 16.8. The molecule has 0 aliphatic carbocycles. The minimum Gasteiger partial charge on any atom is -0.497 e.